The summed E-state index contributed by atoms with van der Waals surface area (Å²) >= 11 is 0. The van der Waals surface area contributed by atoms with E-state index in [1.54, 1.807) is 19.9 Å². The molecule has 0 amide bonds. The summed E-state index contributed by atoms with van der Waals surface area (Å²) in [7, 11) is 0. The highest BCUT2D eigenvalue weighted by Crippen LogP contribution is 2.25. The van der Waals surface area contributed by atoms with E-state index < -0.39 is 0 Å². The zero-order chi connectivity index (χ0) is 12.3. The summed E-state index contributed by atoms with van der Waals surface area (Å²) in [5.41, 5.74) is 1.23. The van der Waals surface area contributed by atoms with E-state index in [1.807, 2.05) is 30.3 Å². The number of benzene rings is 1. The fourth-order valence-electron chi connectivity index (χ4n) is 1.68. The van der Waals surface area contributed by atoms with Crippen LogP contribution in [0.2, 0.25) is 0 Å². The first-order valence-corrected chi connectivity index (χ1v) is 5.58. The molecule has 0 aliphatic carbocycles. The van der Waals surface area contributed by atoms with Gasteiger partial charge in [0.05, 0.1) is 12.2 Å². The summed E-state index contributed by atoms with van der Waals surface area (Å²) in [6, 6.07) is 9.50. The minimum Gasteiger partial charge on any atom is -0.462 e. The van der Waals surface area contributed by atoms with E-state index in [9.17, 15) is 4.79 Å². The molecule has 0 atom stereocenters. The molecule has 0 saturated heterocycles. The van der Waals surface area contributed by atoms with Crippen molar-refractivity contribution >= 4 is 22.5 Å². The third-order valence-corrected chi connectivity index (χ3v) is 2.48. The lowest BCUT2D eigenvalue weighted by Gasteiger charge is -2.02. The molecular weight excluding hydrogens is 216 g/mol. The molecule has 2 aromatic rings. The van der Waals surface area contributed by atoms with Crippen molar-refractivity contribution in [2.24, 2.45) is 0 Å². The Labute approximate surface area is 99.7 Å². The summed E-state index contributed by atoms with van der Waals surface area (Å²) in [6.07, 6.45) is 1.70. The van der Waals surface area contributed by atoms with Crippen molar-refractivity contribution in [3.63, 3.8) is 0 Å². The van der Waals surface area contributed by atoms with Crippen molar-refractivity contribution in [2.75, 3.05) is 6.61 Å². The normalized spacial score (nSPS) is 11.8. The van der Waals surface area contributed by atoms with Crippen molar-refractivity contribution in [2.45, 2.75) is 13.8 Å². The van der Waals surface area contributed by atoms with Crippen molar-refractivity contribution in [1.82, 2.24) is 0 Å². The van der Waals surface area contributed by atoms with Crippen LogP contribution in [0.1, 0.15) is 19.6 Å². The summed E-state index contributed by atoms with van der Waals surface area (Å²) in [5.74, 6) is 0.196. The third kappa shape index (κ3) is 2.23. The Morgan fingerprint density at radius 1 is 1.41 bits per heavy atom. The van der Waals surface area contributed by atoms with Gasteiger partial charge < -0.3 is 9.15 Å². The lowest BCUT2D eigenvalue weighted by molar-refractivity contribution is -0.136. The molecule has 0 aliphatic rings. The second-order valence-electron chi connectivity index (χ2n) is 3.57. The van der Waals surface area contributed by atoms with Crippen LogP contribution in [0.25, 0.3) is 16.5 Å². The molecule has 1 aromatic carbocycles. The first-order chi connectivity index (χ1) is 8.26. The largest absolute Gasteiger partial charge is 0.462 e. The van der Waals surface area contributed by atoms with Gasteiger partial charge in [0.25, 0.3) is 0 Å². The van der Waals surface area contributed by atoms with Gasteiger partial charge in [-0.25, -0.2) is 4.79 Å². The smallest absolute Gasteiger partial charge is 0.341 e. The van der Waals surface area contributed by atoms with E-state index in [-0.39, 0.29) is 5.97 Å². The lowest BCUT2D eigenvalue weighted by Crippen LogP contribution is -2.05. The molecule has 0 unspecified atom stereocenters. The zero-order valence-corrected chi connectivity index (χ0v) is 9.90. The van der Waals surface area contributed by atoms with Crippen LogP contribution < -0.4 is 0 Å². The van der Waals surface area contributed by atoms with Crippen LogP contribution in [0.15, 0.2) is 40.8 Å². The molecule has 0 radical (unpaired) electrons. The van der Waals surface area contributed by atoms with Crippen LogP contribution in [0.5, 0.6) is 0 Å². The minimum absolute atomic E-state index is 0.353. The number of rotatable bonds is 3. The Morgan fingerprint density at radius 3 is 2.82 bits per heavy atom. The van der Waals surface area contributed by atoms with Crippen LogP contribution in [-0.4, -0.2) is 12.6 Å². The highest BCUT2D eigenvalue weighted by molar-refractivity contribution is 6.16. The van der Waals surface area contributed by atoms with Crippen LogP contribution in [-0.2, 0) is 9.53 Å². The molecule has 3 heteroatoms. The number of hydrogen-bond acceptors (Lipinski definition) is 3. The van der Waals surface area contributed by atoms with Crippen LogP contribution in [0.3, 0.4) is 0 Å². The highest BCUT2D eigenvalue weighted by Gasteiger charge is 2.16. The molecule has 0 aliphatic heterocycles. The van der Waals surface area contributed by atoms with Gasteiger partial charge in [0, 0.05) is 5.39 Å². The highest BCUT2D eigenvalue weighted by atomic mass is 16.5. The van der Waals surface area contributed by atoms with E-state index in [4.69, 9.17) is 9.15 Å². The fourth-order valence-corrected chi connectivity index (χ4v) is 1.68. The maximum atomic E-state index is 11.7. The van der Waals surface area contributed by atoms with Gasteiger partial charge in [-0.15, -0.1) is 0 Å². The molecule has 0 saturated carbocycles. The third-order valence-electron chi connectivity index (χ3n) is 2.48. The molecule has 0 spiro atoms. The van der Waals surface area contributed by atoms with E-state index in [0.717, 1.165) is 11.0 Å². The average Bonchev–Trinajstić information content (AvgIpc) is 2.73. The van der Waals surface area contributed by atoms with E-state index >= 15 is 0 Å². The van der Waals surface area contributed by atoms with E-state index in [1.165, 1.54) is 0 Å². The Kier molecular flexibility index (Phi) is 3.28. The van der Waals surface area contributed by atoms with E-state index in [2.05, 4.69) is 0 Å². The summed E-state index contributed by atoms with van der Waals surface area (Å²) in [6.45, 7) is 3.93. The standard InChI is InChI=1S/C14H14O3/c1-3-11(14(15)16-4-2)13-9-10-7-5-6-8-12(10)17-13/h3,5-9H,4H2,1-2H3. The predicted molar refractivity (Wildman–Crippen MR) is 66.5 cm³/mol. The van der Waals surface area contributed by atoms with Gasteiger partial charge >= 0.3 is 5.97 Å². The molecule has 2 rings (SSSR count). The topological polar surface area (TPSA) is 39.4 Å². The van der Waals surface area contributed by atoms with Crippen LogP contribution >= 0.6 is 0 Å². The molecule has 1 heterocycles. The fraction of sp³-hybridized carbons (Fsp3) is 0.214. The predicted octanol–water partition coefficient (Wildman–Crippen LogP) is 3.40. The Balaban J connectivity index is 2.41. The molecule has 0 bridgehead atoms. The van der Waals surface area contributed by atoms with Crippen molar-refractivity contribution < 1.29 is 13.9 Å². The van der Waals surface area contributed by atoms with Crippen molar-refractivity contribution in [1.29, 1.82) is 0 Å². The van der Waals surface area contributed by atoms with Crippen LogP contribution in [0, 0.1) is 0 Å². The second kappa shape index (κ2) is 4.87. The summed E-state index contributed by atoms with van der Waals surface area (Å²) in [4.78, 5) is 11.7. The summed E-state index contributed by atoms with van der Waals surface area (Å²) < 4.78 is 10.6. The maximum Gasteiger partial charge on any atom is 0.341 e. The zero-order valence-electron chi connectivity index (χ0n) is 9.90. The molecule has 0 fully saturated rings. The number of fused-ring (bicyclic) bond motifs is 1. The number of carbonyl (C=O) groups excluding carboxylic acids is 1. The van der Waals surface area contributed by atoms with Gasteiger partial charge in [-0.2, -0.15) is 0 Å². The maximum absolute atomic E-state index is 11.7. The van der Waals surface area contributed by atoms with E-state index in [0.29, 0.717) is 17.9 Å². The second-order valence-corrected chi connectivity index (χ2v) is 3.57. The lowest BCUT2D eigenvalue weighted by atomic mass is 10.2. The van der Waals surface area contributed by atoms with Gasteiger partial charge in [0.2, 0.25) is 0 Å². The van der Waals surface area contributed by atoms with Crippen molar-refractivity contribution in [3.05, 3.63) is 42.2 Å². The minimum atomic E-state index is -0.353. The van der Waals surface area contributed by atoms with Gasteiger partial charge in [-0.05, 0) is 26.0 Å². The summed E-state index contributed by atoms with van der Waals surface area (Å²) in [5, 5.41) is 0.978. The molecule has 17 heavy (non-hydrogen) atoms. The number of hydrogen-bond donors (Lipinski definition) is 0. The quantitative estimate of drug-likeness (QED) is 0.599. The molecule has 3 nitrogen and oxygen atoms in total. The first-order valence-electron chi connectivity index (χ1n) is 5.58. The molecule has 1 aromatic heterocycles. The number of esters is 1. The molecule has 0 N–H and O–H groups in total. The van der Waals surface area contributed by atoms with Crippen LogP contribution in [0.4, 0.5) is 0 Å². The monoisotopic (exact) mass is 230 g/mol. The van der Waals surface area contributed by atoms with Gasteiger partial charge in [0.1, 0.15) is 11.3 Å². The van der Waals surface area contributed by atoms with Gasteiger partial charge in [-0.3, -0.25) is 0 Å². The SMILES string of the molecule is CC=C(C(=O)OCC)c1cc2ccccc2o1. The first kappa shape index (κ1) is 11.5. The number of furan rings is 1. The molecular formula is C14H14O3. The number of ether oxygens (including phenoxy) is 1. The number of allylic oxidation sites excluding steroid dienone is 1. The Bertz CT molecular complexity index is 531. The Morgan fingerprint density at radius 2 is 2.18 bits per heavy atom. The average molecular weight is 230 g/mol. The van der Waals surface area contributed by atoms with Gasteiger partial charge in [0.15, 0.2) is 0 Å². The molecule has 88 valence electrons. The van der Waals surface area contributed by atoms with Gasteiger partial charge in [-0.1, -0.05) is 24.3 Å². The Hall–Kier alpha value is -2.03. The van der Waals surface area contributed by atoms with Crippen molar-refractivity contribution in [3.8, 4) is 0 Å². The number of para-hydroxylation sites is 1. The number of carbonyl (C=O) groups is 1.